The summed E-state index contributed by atoms with van der Waals surface area (Å²) < 4.78 is 42.1. The molecule has 47 heavy (non-hydrogen) atoms. The molecule has 2 aliphatic heterocycles. The standard InChI is InChI=1S/C35H33F2N5O5/c1-18-11-20-12-21(13-26(29(20)41-40-18)47-24-9-10-24)32(43)42-15-27(37)35(45,16-42)28-14-25-31(30(39-28)19-3-5-22(36)6-4-19)46-17-34(25,2)33(44)38-23-7-8-23/h3-6,11-14,23-24,27,45H,7-10,15-17H2,1-2H3,(H,38,44)/t27?,34-,35+/m0/s1. The molecule has 1 unspecified atom stereocenters. The molecule has 0 spiro atoms. The molecule has 2 aromatic carbocycles. The number of rotatable bonds is 7. The van der Waals surface area contributed by atoms with Crippen LogP contribution in [0.5, 0.6) is 11.5 Å². The number of fused-ring (bicyclic) bond motifs is 2. The van der Waals surface area contributed by atoms with Gasteiger partial charge in [0.1, 0.15) is 40.5 Å². The lowest BCUT2D eigenvalue weighted by Gasteiger charge is -2.27. The Labute approximate surface area is 269 Å². The van der Waals surface area contributed by atoms with Crippen LogP contribution in [0.4, 0.5) is 8.78 Å². The van der Waals surface area contributed by atoms with Crippen LogP contribution in [0.2, 0.25) is 0 Å². The molecule has 12 heteroatoms. The Balaban J connectivity index is 1.17. The zero-order chi connectivity index (χ0) is 32.7. The van der Waals surface area contributed by atoms with E-state index in [-0.39, 0.29) is 48.2 Å². The highest BCUT2D eigenvalue weighted by atomic mass is 19.1. The van der Waals surface area contributed by atoms with E-state index in [4.69, 9.17) is 9.47 Å². The van der Waals surface area contributed by atoms with Crippen LogP contribution in [0.15, 0.2) is 48.5 Å². The van der Waals surface area contributed by atoms with Crippen molar-refractivity contribution in [2.75, 3.05) is 19.7 Å². The minimum absolute atomic E-state index is 0.0133. The van der Waals surface area contributed by atoms with Crippen molar-refractivity contribution in [3.63, 3.8) is 0 Å². The van der Waals surface area contributed by atoms with Crippen LogP contribution in [0.1, 0.15) is 59.9 Å². The number of likely N-dealkylation sites (tertiary alicyclic amines) is 1. The second-order valence-corrected chi connectivity index (χ2v) is 13.4. The number of halogens is 2. The van der Waals surface area contributed by atoms with Crippen molar-refractivity contribution in [3.05, 3.63) is 76.9 Å². The second kappa shape index (κ2) is 10.7. The molecule has 4 aromatic rings. The highest BCUT2D eigenvalue weighted by Crippen LogP contribution is 2.47. The number of amides is 2. The predicted molar refractivity (Wildman–Crippen MR) is 166 cm³/mol. The number of pyridine rings is 1. The topological polar surface area (TPSA) is 127 Å². The van der Waals surface area contributed by atoms with Gasteiger partial charge in [0.25, 0.3) is 5.91 Å². The van der Waals surface area contributed by atoms with Crippen molar-refractivity contribution in [3.8, 4) is 22.8 Å². The van der Waals surface area contributed by atoms with Gasteiger partial charge in [0.05, 0.1) is 30.6 Å². The number of ether oxygens (including phenoxy) is 2. The molecule has 3 fully saturated rings. The van der Waals surface area contributed by atoms with Gasteiger partial charge >= 0.3 is 0 Å². The lowest BCUT2D eigenvalue weighted by molar-refractivity contribution is -0.126. The maximum atomic E-state index is 16.1. The third-order valence-electron chi connectivity index (χ3n) is 9.51. The molecule has 10 nitrogen and oxygen atoms in total. The molecule has 2 saturated carbocycles. The summed E-state index contributed by atoms with van der Waals surface area (Å²) in [5, 5.41) is 24.1. The molecule has 242 valence electrons. The number of aromatic nitrogens is 3. The monoisotopic (exact) mass is 641 g/mol. The van der Waals surface area contributed by atoms with E-state index in [2.05, 4.69) is 20.5 Å². The van der Waals surface area contributed by atoms with Crippen LogP contribution in [0, 0.1) is 12.7 Å². The Hall–Kier alpha value is -4.71. The van der Waals surface area contributed by atoms with Gasteiger partial charge in [-0.3, -0.25) is 9.59 Å². The number of β-amino-alcohol motifs (C(OH)–C–C–N with tert-alkyl or cyclic N) is 1. The van der Waals surface area contributed by atoms with Gasteiger partial charge in [0.15, 0.2) is 11.8 Å². The molecule has 3 atom stereocenters. The number of carbonyl (C=O) groups is 2. The van der Waals surface area contributed by atoms with Gasteiger partial charge in [0, 0.05) is 28.1 Å². The number of aryl methyl sites for hydroxylation is 1. The molecular weight excluding hydrogens is 608 g/mol. The zero-order valence-electron chi connectivity index (χ0n) is 25.9. The van der Waals surface area contributed by atoms with Gasteiger partial charge in [-0.2, -0.15) is 5.10 Å². The van der Waals surface area contributed by atoms with E-state index in [0.29, 0.717) is 39.2 Å². The third-order valence-corrected chi connectivity index (χ3v) is 9.51. The van der Waals surface area contributed by atoms with Crippen LogP contribution in [0.25, 0.3) is 22.2 Å². The number of hydrogen-bond donors (Lipinski definition) is 2. The number of nitrogens with one attached hydrogen (secondary N) is 1. The first-order valence-corrected chi connectivity index (χ1v) is 15.9. The van der Waals surface area contributed by atoms with Crippen LogP contribution in [0.3, 0.4) is 0 Å². The van der Waals surface area contributed by atoms with Crippen molar-refractivity contribution >= 4 is 22.7 Å². The molecule has 2 amide bonds. The molecule has 4 aliphatic rings. The fourth-order valence-electron chi connectivity index (χ4n) is 6.35. The maximum Gasteiger partial charge on any atom is 0.254 e. The quantitative estimate of drug-likeness (QED) is 0.306. The number of aliphatic hydroxyl groups is 1. The Morgan fingerprint density at radius 3 is 2.57 bits per heavy atom. The number of benzene rings is 2. The first-order chi connectivity index (χ1) is 22.5. The van der Waals surface area contributed by atoms with Crippen molar-refractivity contribution in [1.29, 1.82) is 0 Å². The Bertz CT molecular complexity index is 1950. The first-order valence-electron chi connectivity index (χ1n) is 15.9. The molecule has 0 radical (unpaired) electrons. The molecule has 1 saturated heterocycles. The van der Waals surface area contributed by atoms with Gasteiger partial charge in [-0.25, -0.2) is 13.8 Å². The van der Waals surface area contributed by atoms with Crippen LogP contribution in [-0.4, -0.2) is 75.0 Å². The maximum absolute atomic E-state index is 16.1. The number of carbonyl (C=O) groups excluding carboxylic acids is 2. The number of alkyl halides is 1. The van der Waals surface area contributed by atoms with E-state index in [1.807, 2.05) is 0 Å². The lowest BCUT2D eigenvalue weighted by atomic mass is 9.81. The molecule has 2 aromatic heterocycles. The Morgan fingerprint density at radius 1 is 1.09 bits per heavy atom. The molecule has 8 rings (SSSR count). The summed E-state index contributed by atoms with van der Waals surface area (Å²) >= 11 is 0. The van der Waals surface area contributed by atoms with E-state index in [0.717, 1.165) is 25.7 Å². The summed E-state index contributed by atoms with van der Waals surface area (Å²) in [5.74, 6) is -0.437. The Kier molecular flexibility index (Phi) is 6.73. The summed E-state index contributed by atoms with van der Waals surface area (Å²) in [6.45, 7) is 2.77. The van der Waals surface area contributed by atoms with Crippen LogP contribution < -0.4 is 14.8 Å². The van der Waals surface area contributed by atoms with Crippen molar-refractivity contribution < 1.29 is 33.0 Å². The van der Waals surface area contributed by atoms with E-state index in [9.17, 15) is 19.1 Å². The minimum Gasteiger partial charge on any atom is -0.489 e. The van der Waals surface area contributed by atoms with Crippen LogP contribution >= 0.6 is 0 Å². The summed E-state index contributed by atoms with van der Waals surface area (Å²) in [7, 11) is 0. The second-order valence-electron chi connectivity index (χ2n) is 13.4. The SMILES string of the molecule is Cc1cc2cc(C(=O)N3CC(F)[C@@](O)(c4cc5c(c(-c6ccc(F)cc6)n4)OC[C@]5(C)C(=O)NC4CC4)C3)cc(OC3CC3)c2nn1. The normalized spacial score (nSPS) is 25.0. The van der Waals surface area contributed by atoms with Crippen molar-refractivity contribution in [2.24, 2.45) is 0 Å². The third kappa shape index (κ3) is 5.15. The van der Waals surface area contributed by atoms with Gasteiger partial charge in [-0.05, 0) is 88.1 Å². The smallest absolute Gasteiger partial charge is 0.254 e. The highest BCUT2D eigenvalue weighted by molar-refractivity contribution is 6.00. The average molecular weight is 642 g/mol. The van der Waals surface area contributed by atoms with E-state index in [1.165, 1.54) is 35.2 Å². The Morgan fingerprint density at radius 2 is 1.85 bits per heavy atom. The van der Waals surface area contributed by atoms with Gasteiger partial charge < -0.3 is 24.8 Å². The molecular formula is C35H33F2N5O5. The molecule has 4 heterocycles. The van der Waals surface area contributed by atoms with Gasteiger partial charge in [-0.15, -0.1) is 5.10 Å². The summed E-state index contributed by atoms with van der Waals surface area (Å²) in [4.78, 5) is 33.4. The number of hydrogen-bond acceptors (Lipinski definition) is 8. The molecule has 2 N–H and O–H groups in total. The predicted octanol–water partition coefficient (Wildman–Crippen LogP) is 4.29. The lowest BCUT2D eigenvalue weighted by Crippen LogP contribution is -2.45. The molecule has 0 bridgehead atoms. The summed E-state index contributed by atoms with van der Waals surface area (Å²) in [6, 6.07) is 12.2. The fraction of sp³-hybridized carbons (Fsp3) is 0.400. The van der Waals surface area contributed by atoms with Gasteiger partial charge in [-0.1, -0.05) is 0 Å². The van der Waals surface area contributed by atoms with E-state index in [1.54, 1.807) is 32.0 Å². The summed E-state index contributed by atoms with van der Waals surface area (Å²) in [6.07, 6.45) is 1.74. The van der Waals surface area contributed by atoms with Crippen molar-refractivity contribution in [1.82, 2.24) is 25.4 Å². The fourth-order valence-corrected chi connectivity index (χ4v) is 6.35. The molecule has 2 aliphatic carbocycles. The summed E-state index contributed by atoms with van der Waals surface area (Å²) in [5.41, 5.74) is -0.768. The minimum atomic E-state index is -2.21. The largest absolute Gasteiger partial charge is 0.489 e. The van der Waals surface area contributed by atoms with E-state index >= 15 is 4.39 Å². The average Bonchev–Trinajstić information content (AvgIpc) is 3.99. The first kappa shape index (κ1) is 29.7. The van der Waals surface area contributed by atoms with Crippen molar-refractivity contribution in [2.45, 2.75) is 68.9 Å². The van der Waals surface area contributed by atoms with E-state index < -0.39 is 35.5 Å². The van der Waals surface area contributed by atoms with Gasteiger partial charge in [0.2, 0.25) is 5.91 Å². The highest BCUT2D eigenvalue weighted by Gasteiger charge is 2.53. The number of nitrogens with zero attached hydrogens (tertiary/aromatic N) is 4. The van der Waals surface area contributed by atoms with Crippen LogP contribution in [-0.2, 0) is 15.8 Å². The zero-order valence-corrected chi connectivity index (χ0v) is 25.9.